The summed E-state index contributed by atoms with van der Waals surface area (Å²) in [6.45, 7) is 7.70. The third kappa shape index (κ3) is 3.97. The van der Waals surface area contributed by atoms with Crippen molar-refractivity contribution in [1.29, 1.82) is 0 Å². The number of rotatable bonds is 3. The molecule has 1 aromatic carbocycles. The number of hydrogen-bond donors (Lipinski definition) is 2. The number of carbonyl (C=O) groups is 1. The van der Waals surface area contributed by atoms with Crippen LogP contribution >= 0.6 is 0 Å². The Morgan fingerprint density at radius 1 is 1.25 bits per heavy atom. The first-order chi connectivity index (χ1) is 9.35. The second-order valence-corrected chi connectivity index (χ2v) is 6.49. The van der Waals surface area contributed by atoms with Gasteiger partial charge < -0.3 is 4.74 Å². The lowest BCUT2D eigenvalue weighted by Gasteiger charge is -2.37. The molecule has 1 saturated carbocycles. The van der Waals surface area contributed by atoms with E-state index < -0.39 is 11.7 Å². The van der Waals surface area contributed by atoms with Crippen LogP contribution in [0.25, 0.3) is 0 Å². The van der Waals surface area contributed by atoms with Gasteiger partial charge in [0.25, 0.3) is 0 Å². The first-order valence-corrected chi connectivity index (χ1v) is 7.15. The summed E-state index contributed by atoms with van der Waals surface area (Å²) in [6, 6.07) is 8.82. The minimum atomic E-state index is -0.463. The van der Waals surface area contributed by atoms with Gasteiger partial charge in [0.15, 0.2) is 0 Å². The monoisotopic (exact) mass is 276 g/mol. The van der Waals surface area contributed by atoms with Crippen molar-refractivity contribution >= 4 is 6.09 Å². The van der Waals surface area contributed by atoms with E-state index in [1.807, 2.05) is 20.8 Å². The van der Waals surface area contributed by atoms with Crippen molar-refractivity contribution in [1.82, 2.24) is 10.9 Å². The number of nitrogens with one attached hydrogen (secondary N) is 2. The molecule has 0 heterocycles. The highest BCUT2D eigenvalue weighted by atomic mass is 16.6. The van der Waals surface area contributed by atoms with Gasteiger partial charge in [-0.05, 0) is 57.6 Å². The van der Waals surface area contributed by atoms with Crippen LogP contribution < -0.4 is 10.9 Å². The van der Waals surface area contributed by atoms with Crippen LogP contribution in [-0.4, -0.2) is 17.7 Å². The number of benzene rings is 1. The van der Waals surface area contributed by atoms with Crippen LogP contribution in [0.5, 0.6) is 0 Å². The number of aryl methyl sites for hydroxylation is 1. The van der Waals surface area contributed by atoms with Crippen molar-refractivity contribution in [2.24, 2.45) is 0 Å². The first kappa shape index (κ1) is 14.9. The summed E-state index contributed by atoms with van der Waals surface area (Å²) < 4.78 is 5.17. The minimum Gasteiger partial charge on any atom is -0.443 e. The molecule has 2 rings (SSSR count). The van der Waals surface area contributed by atoms with Crippen molar-refractivity contribution in [2.45, 2.75) is 58.1 Å². The summed E-state index contributed by atoms with van der Waals surface area (Å²) in [5.41, 5.74) is 7.95. The highest BCUT2D eigenvalue weighted by molar-refractivity contribution is 5.67. The normalized spacial score (nSPS) is 22.0. The second-order valence-electron chi connectivity index (χ2n) is 6.49. The topological polar surface area (TPSA) is 50.4 Å². The number of hydrazine groups is 1. The SMILES string of the molecule is Cc1ccccc1C1CC(NNC(=O)OC(C)(C)C)C1. The molecule has 4 heteroatoms. The zero-order chi connectivity index (χ0) is 14.8. The molecule has 4 nitrogen and oxygen atoms in total. The summed E-state index contributed by atoms with van der Waals surface area (Å²) in [6.07, 6.45) is 1.67. The van der Waals surface area contributed by atoms with E-state index in [4.69, 9.17) is 4.74 Å². The molecule has 110 valence electrons. The average molecular weight is 276 g/mol. The molecule has 0 aromatic heterocycles. The molecule has 1 aliphatic carbocycles. The maximum Gasteiger partial charge on any atom is 0.422 e. The van der Waals surface area contributed by atoms with Crippen molar-refractivity contribution in [2.75, 3.05) is 0 Å². The summed E-state index contributed by atoms with van der Waals surface area (Å²) >= 11 is 0. The number of carbonyl (C=O) groups excluding carboxylic acids is 1. The Kier molecular flexibility index (Phi) is 4.33. The molecule has 0 aliphatic heterocycles. The third-order valence-electron chi connectivity index (χ3n) is 3.54. The Morgan fingerprint density at radius 3 is 2.50 bits per heavy atom. The van der Waals surface area contributed by atoms with Gasteiger partial charge in [0, 0.05) is 6.04 Å². The van der Waals surface area contributed by atoms with Gasteiger partial charge in [-0.15, -0.1) is 0 Å². The van der Waals surface area contributed by atoms with Crippen LogP contribution in [0, 0.1) is 6.92 Å². The third-order valence-corrected chi connectivity index (χ3v) is 3.54. The van der Waals surface area contributed by atoms with Gasteiger partial charge in [0.2, 0.25) is 0 Å². The molecule has 0 bridgehead atoms. The summed E-state index contributed by atoms with van der Waals surface area (Å²) in [4.78, 5) is 11.5. The zero-order valence-electron chi connectivity index (χ0n) is 12.7. The molecule has 1 amide bonds. The Bertz CT molecular complexity index is 474. The van der Waals surface area contributed by atoms with Gasteiger partial charge in [-0.3, -0.25) is 5.43 Å². The Balaban J connectivity index is 1.72. The van der Waals surface area contributed by atoms with Crippen molar-refractivity contribution < 1.29 is 9.53 Å². The van der Waals surface area contributed by atoms with Crippen molar-refractivity contribution in [3.05, 3.63) is 35.4 Å². The summed E-state index contributed by atoms with van der Waals surface area (Å²) in [5, 5.41) is 0. The Labute approximate surface area is 120 Å². The van der Waals surface area contributed by atoms with Gasteiger partial charge in [0.05, 0.1) is 0 Å². The van der Waals surface area contributed by atoms with Crippen LogP contribution in [0.4, 0.5) is 4.79 Å². The van der Waals surface area contributed by atoms with Gasteiger partial charge in [0.1, 0.15) is 5.60 Å². The van der Waals surface area contributed by atoms with Crippen molar-refractivity contribution in [3.8, 4) is 0 Å². The van der Waals surface area contributed by atoms with Gasteiger partial charge in [-0.1, -0.05) is 24.3 Å². The van der Waals surface area contributed by atoms with Crippen LogP contribution in [0.15, 0.2) is 24.3 Å². The Morgan fingerprint density at radius 2 is 1.90 bits per heavy atom. The van der Waals surface area contributed by atoms with Gasteiger partial charge >= 0.3 is 6.09 Å². The molecule has 0 saturated heterocycles. The van der Waals surface area contributed by atoms with Gasteiger partial charge in [-0.2, -0.15) is 0 Å². The van der Waals surface area contributed by atoms with Crippen LogP contribution in [0.1, 0.15) is 50.7 Å². The molecule has 0 radical (unpaired) electrons. The second kappa shape index (κ2) is 5.83. The predicted molar refractivity (Wildman–Crippen MR) is 79.4 cm³/mol. The molecule has 0 unspecified atom stereocenters. The van der Waals surface area contributed by atoms with E-state index in [0.717, 1.165) is 12.8 Å². The molecular formula is C16H24N2O2. The van der Waals surface area contributed by atoms with Gasteiger partial charge in [-0.25, -0.2) is 10.2 Å². The molecule has 1 aliphatic rings. The van der Waals surface area contributed by atoms with E-state index in [1.54, 1.807) is 0 Å². The zero-order valence-corrected chi connectivity index (χ0v) is 12.7. The minimum absolute atomic E-state index is 0.326. The lowest BCUT2D eigenvalue weighted by Crippen LogP contribution is -2.50. The summed E-state index contributed by atoms with van der Waals surface area (Å²) in [5.74, 6) is 0.592. The predicted octanol–water partition coefficient (Wildman–Crippen LogP) is 3.27. The van der Waals surface area contributed by atoms with E-state index in [2.05, 4.69) is 42.0 Å². The van der Waals surface area contributed by atoms with Crippen LogP contribution in [-0.2, 0) is 4.74 Å². The molecule has 20 heavy (non-hydrogen) atoms. The summed E-state index contributed by atoms with van der Waals surface area (Å²) in [7, 11) is 0. The highest BCUT2D eigenvalue weighted by Gasteiger charge is 2.31. The number of hydrogen-bond acceptors (Lipinski definition) is 3. The fraction of sp³-hybridized carbons (Fsp3) is 0.562. The fourth-order valence-electron chi connectivity index (χ4n) is 2.50. The average Bonchev–Trinajstić information content (AvgIpc) is 2.26. The molecule has 1 fully saturated rings. The molecule has 0 spiro atoms. The molecule has 0 atom stereocenters. The standard InChI is InChI=1S/C16H24N2O2/c1-11-7-5-6-8-14(11)12-9-13(10-12)17-18-15(19)20-16(2,3)4/h5-8,12-13,17H,9-10H2,1-4H3,(H,18,19). The van der Waals surface area contributed by atoms with E-state index in [1.165, 1.54) is 11.1 Å². The maximum absolute atomic E-state index is 11.5. The lowest BCUT2D eigenvalue weighted by molar-refractivity contribution is 0.0471. The van der Waals surface area contributed by atoms with E-state index in [0.29, 0.717) is 12.0 Å². The largest absolute Gasteiger partial charge is 0.443 e. The highest BCUT2D eigenvalue weighted by Crippen LogP contribution is 2.37. The van der Waals surface area contributed by atoms with E-state index in [9.17, 15) is 4.79 Å². The van der Waals surface area contributed by atoms with Crippen LogP contribution in [0.3, 0.4) is 0 Å². The Hall–Kier alpha value is -1.55. The first-order valence-electron chi connectivity index (χ1n) is 7.15. The van der Waals surface area contributed by atoms with Crippen LogP contribution in [0.2, 0.25) is 0 Å². The van der Waals surface area contributed by atoms with E-state index >= 15 is 0 Å². The lowest BCUT2D eigenvalue weighted by atomic mass is 9.75. The van der Waals surface area contributed by atoms with Crippen molar-refractivity contribution in [3.63, 3.8) is 0 Å². The maximum atomic E-state index is 11.5. The quantitative estimate of drug-likeness (QED) is 0.833. The molecule has 1 aromatic rings. The van der Waals surface area contributed by atoms with E-state index in [-0.39, 0.29) is 0 Å². The smallest absolute Gasteiger partial charge is 0.422 e. The molecular weight excluding hydrogens is 252 g/mol. The fourth-order valence-corrected chi connectivity index (χ4v) is 2.50. The molecule has 2 N–H and O–H groups in total. The number of ether oxygens (including phenoxy) is 1. The number of amides is 1.